The second-order valence-electron chi connectivity index (χ2n) is 12.7. The number of alkyl carbamates (subject to hydrolysis) is 1. The summed E-state index contributed by atoms with van der Waals surface area (Å²) in [6.45, 7) is -1.26. The highest BCUT2D eigenvalue weighted by atomic mass is 16.6. The van der Waals surface area contributed by atoms with Gasteiger partial charge in [-0.3, -0.25) is 24.7 Å². The van der Waals surface area contributed by atoms with Gasteiger partial charge in [0.1, 0.15) is 19.7 Å². The number of aromatic nitrogens is 4. The van der Waals surface area contributed by atoms with Crippen LogP contribution in [0.3, 0.4) is 0 Å². The van der Waals surface area contributed by atoms with E-state index in [-0.39, 0.29) is 42.7 Å². The lowest BCUT2D eigenvalue weighted by atomic mass is 9.98. The average Bonchev–Trinajstić information content (AvgIpc) is 3.75. The summed E-state index contributed by atoms with van der Waals surface area (Å²) in [7, 11) is 0. The molecule has 7 rings (SSSR count). The Hall–Kier alpha value is -7.29. The zero-order valence-electron chi connectivity index (χ0n) is 29.3. The fourth-order valence-corrected chi connectivity index (χ4v) is 6.59. The number of fused-ring (bicyclic) bond motifs is 4. The Morgan fingerprint density at radius 1 is 0.836 bits per heavy atom. The predicted molar refractivity (Wildman–Crippen MR) is 200 cm³/mol. The van der Waals surface area contributed by atoms with Gasteiger partial charge in [0.05, 0.1) is 6.33 Å². The minimum Gasteiger partial charge on any atom is -0.480 e. The number of hydrogen-bond donors (Lipinski definition) is 4. The number of nitrogens with zero attached hydrogens (tertiary/aromatic N) is 4. The standard InChI is InChI=1S/C40H35N7O8/c48-32(46(22-33(49)50)20-19-41-39(52)54-23-31-29-17-9-7-15-27(29)28-16-8-10-18-30(28)31)21-47-24-42-34-36(47)43-38(44-37(34)51)45-40(53)55-35(25-11-3-1-4-12-25)26-13-5-2-6-14-26/h1-18,24,31,35H,19-23H2,(H,41,52)(H,49,50)(H2,43,44,45,51,53). The molecule has 0 fully saturated rings. The number of nitrogens with one attached hydrogen (secondary N) is 3. The Morgan fingerprint density at radius 2 is 1.44 bits per heavy atom. The van der Waals surface area contributed by atoms with Crippen LogP contribution in [0.5, 0.6) is 0 Å². The van der Waals surface area contributed by atoms with Gasteiger partial charge in [0.2, 0.25) is 11.9 Å². The van der Waals surface area contributed by atoms with E-state index in [1.54, 1.807) is 0 Å². The number of benzene rings is 4. The number of amides is 3. The molecule has 0 aliphatic heterocycles. The molecule has 3 amide bonds. The van der Waals surface area contributed by atoms with E-state index < -0.39 is 48.8 Å². The molecule has 2 heterocycles. The van der Waals surface area contributed by atoms with E-state index in [1.807, 2.05) is 109 Å². The smallest absolute Gasteiger partial charge is 0.414 e. The summed E-state index contributed by atoms with van der Waals surface area (Å²) in [6, 6.07) is 34.1. The SMILES string of the molecule is O=C(O)CN(CCNC(=O)OCC1c2ccccc2-c2ccccc21)C(=O)Cn1cnc2c(=O)[nH]c(NC(=O)OC(c3ccccc3)c3ccccc3)nc21. The zero-order chi connectivity index (χ0) is 38.3. The number of ether oxygens (including phenoxy) is 2. The molecule has 6 aromatic rings. The van der Waals surface area contributed by atoms with Crippen LogP contribution in [0, 0.1) is 0 Å². The van der Waals surface area contributed by atoms with Crippen molar-refractivity contribution in [1.29, 1.82) is 0 Å². The molecule has 0 atom stereocenters. The van der Waals surface area contributed by atoms with Gasteiger partial charge in [-0.25, -0.2) is 14.6 Å². The fourth-order valence-electron chi connectivity index (χ4n) is 6.59. The molecule has 15 nitrogen and oxygen atoms in total. The summed E-state index contributed by atoms with van der Waals surface area (Å²) in [6.07, 6.45) is -1.17. The molecule has 0 spiro atoms. The average molecular weight is 742 g/mol. The van der Waals surface area contributed by atoms with Crippen LogP contribution in [0.15, 0.2) is 120 Å². The molecule has 0 radical (unpaired) electrons. The number of aliphatic carboxylic acids is 1. The maximum Gasteiger partial charge on any atom is 0.414 e. The largest absolute Gasteiger partial charge is 0.480 e. The highest BCUT2D eigenvalue weighted by Gasteiger charge is 2.29. The van der Waals surface area contributed by atoms with Gasteiger partial charge in [-0.05, 0) is 33.4 Å². The third-order valence-electron chi connectivity index (χ3n) is 9.10. The number of hydrogen-bond acceptors (Lipinski definition) is 9. The van der Waals surface area contributed by atoms with Crippen LogP contribution >= 0.6 is 0 Å². The number of aromatic amines is 1. The molecule has 4 N–H and O–H groups in total. The first kappa shape index (κ1) is 36.1. The van der Waals surface area contributed by atoms with Gasteiger partial charge in [-0.1, -0.05) is 109 Å². The molecular formula is C40H35N7O8. The lowest BCUT2D eigenvalue weighted by Crippen LogP contribution is -2.42. The van der Waals surface area contributed by atoms with Crippen molar-refractivity contribution in [3.05, 3.63) is 148 Å². The van der Waals surface area contributed by atoms with Gasteiger partial charge >= 0.3 is 18.2 Å². The van der Waals surface area contributed by atoms with Crippen LogP contribution in [0.4, 0.5) is 15.5 Å². The van der Waals surface area contributed by atoms with Crippen molar-refractivity contribution >= 4 is 41.2 Å². The summed E-state index contributed by atoms with van der Waals surface area (Å²) in [4.78, 5) is 75.6. The summed E-state index contributed by atoms with van der Waals surface area (Å²) >= 11 is 0. The monoisotopic (exact) mass is 741 g/mol. The second kappa shape index (κ2) is 16.2. The van der Waals surface area contributed by atoms with E-state index in [1.165, 1.54) is 10.9 Å². The third kappa shape index (κ3) is 8.20. The highest BCUT2D eigenvalue weighted by Crippen LogP contribution is 2.44. The number of H-pyrrole nitrogens is 1. The topological polar surface area (TPSA) is 198 Å². The fraction of sp³-hybridized carbons (Fsp3) is 0.175. The molecule has 1 aliphatic carbocycles. The number of carboxylic acid groups (broad SMARTS) is 1. The number of rotatable bonds is 13. The van der Waals surface area contributed by atoms with E-state index in [0.29, 0.717) is 0 Å². The molecule has 55 heavy (non-hydrogen) atoms. The number of carbonyl (C=O) groups is 4. The maximum absolute atomic E-state index is 13.4. The van der Waals surface area contributed by atoms with Crippen molar-refractivity contribution in [3.8, 4) is 11.1 Å². The first-order valence-corrected chi connectivity index (χ1v) is 17.4. The summed E-state index contributed by atoms with van der Waals surface area (Å²) in [5.74, 6) is -2.32. The molecule has 0 bridgehead atoms. The molecule has 0 saturated carbocycles. The van der Waals surface area contributed by atoms with E-state index in [9.17, 15) is 29.1 Å². The van der Waals surface area contributed by atoms with Gasteiger partial charge in [0.15, 0.2) is 17.3 Å². The van der Waals surface area contributed by atoms with E-state index in [2.05, 4.69) is 25.6 Å². The molecule has 0 unspecified atom stereocenters. The minimum atomic E-state index is -1.27. The quantitative estimate of drug-likeness (QED) is 0.126. The van der Waals surface area contributed by atoms with Gasteiger partial charge in [0, 0.05) is 19.0 Å². The molecule has 4 aromatic carbocycles. The summed E-state index contributed by atoms with van der Waals surface area (Å²) in [5, 5.41) is 14.6. The zero-order valence-corrected chi connectivity index (χ0v) is 29.3. The third-order valence-corrected chi connectivity index (χ3v) is 9.10. The number of imidazole rings is 1. The van der Waals surface area contributed by atoms with Gasteiger partial charge in [-0.15, -0.1) is 0 Å². The Balaban J connectivity index is 0.977. The van der Waals surface area contributed by atoms with E-state index >= 15 is 0 Å². The van der Waals surface area contributed by atoms with E-state index in [0.717, 1.165) is 38.3 Å². The van der Waals surface area contributed by atoms with Crippen molar-refractivity contribution in [2.75, 3.05) is 31.6 Å². The van der Waals surface area contributed by atoms with Crippen LogP contribution < -0.4 is 16.2 Å². The molecular weight excluding hydrogens is 706 g/mol. The normalized spacial score (nSPS) is 11.8. The van der Waals surface area contributed by atoms with Crippen molar-refractivity contribution in [2.24, 2.45) is 0 Å². The second-order valence-corrected chi connectivity index (χ2v) is 12.7. The highest BCUT2D eigenvalue weighted by molar-refractivity contribution is 5.85. The molecule has 2 aromatic heterocycles. The Kier molecular flexibility index (Phi) is 10.6. The maximum atomic E-state index is 13.4. The Morgan fingerprint density at radius 3 is 2.05 bits per heavy atom. The van der Waals surface area contributed by atoms with Crippen molar-refractivity contribution < 1.29 is 33.8 Å². The molecule has 1 aliphatic rings. The molecule has 278 valence electrons. The van der Waals surface area contributed by atoms with Gasteiger partial charge in [0.25, 0.3) is 5.56 Å². The predicted octanol–water partition coefficient (Wildman–Crippen LogP) is 4.91. The first-order valence-electron chi connectivity index (χ1n) is 17.4. The van der Waals surface area contributed by atoms with Gasteiger partial charge < -0.3 is 29.4 Å². The summed E-state index contributed by atoms with van der Waals surface area (Å²) < 4.78 is 12.6. The van der Waals surface area contributed by atoms with E-state index in [4.69, 9.17) is 9.47 Å². The van der Waals surface area contributed by atoms with Crippen LogP contribution in [-0.4, -0.2) is 79.8 Å². The van der Waals surface area contributed by atoms with Crippen molar-refractivity contribution in [2.45, 2.75) is 18.6 Å². The van der Waals surface area contributed by atoms with Crippen LogP contribution in [-0.2, 0) is 25.6 Å². The van der Waals surface area contributed by atoms with Crippen LogP contribution in [0.25, 0.3) is 22.3 Å². The van der Waals surface area contributed by atoms with Crippen LogP contribution in [0.2, 0.25) is 0 Å². The summed E-state index contributed by atoms with van der Waals surface area (Å²) in [5.41, 5.74) is 4.89. The minimum absolute atomic E-state index is 0.0397. The van der Waals surface area contributed by atoms with Gasteiger partial charge in [-0.2, -0.15) is 4.98 Å². The number of carbonyl (C=O) groups excluding carboxylic acids is 3. The first-order chi connectivity index (χ1) is 26.7. The Bertz CT molecular complexity index is 2330. The van der Waals surface area contributed by atoms with Crippen molar-refractivity contribution in [1.82, 2.24) is 29.7 Å². The van der Waals surface area contributed by atoms with Crippen molar-refractivity contribution in [3.63, 3.8) is 0 Å². The number of carboxylic acids is 1. The Labute approximate surface area is 313 Å². The molecule has 15 heteroatoms. The lowest BCUT2D eigenvalue weighted by molar-refractivity contribution is -0.144. The van der Waals surface area contributed by atoms with Crippen LogP contribution in [0.1, 0.15) is 34.3 Å². The number of anilines is 1. The molecule has 0 saturated heterocycles. The lowest BCUT2D eigenvalue weighted by Gasteiger charge is -2.21.